The van der Waals surface area contributed by atoms with Gasteiger partial charge >= 0.3 is 0 Å². The van der Waals surface area contributed by atoms with Crippen LogP contribution in [0.5, 0.6) is 0 Å². The van der Waals surface area contributed by atoms with Crippen LogP contribution in [-0.4, -0.2) is 24.2 Å². The van der Waals surface area contributed by atoms with Crippen molar-refractivity contribution in [2.24, 2.45) is 11.7 Å². The summed E-state index contributed by atoms with van der Waals surface area (Å²) < 4.78 is 13.3. The molecule has 1 amide bonds. The lowest BCUT2D eigenvalue weighted by atomic mass is 10.2. The molecule has 0 radical (unpaired) electrons. The molecule has 20 heavy (non-hydrogen) atoms. The fourth-order valence-corrected chi connectivity index (χ4v) is 2.71. The molecule has 1 aromatic rings. The van der Waals surface area contributed by atoms with Gasteiger partial charge in [-0.25, -0.2) is 4.39 Å². The molecule has 0 saturated heterocycles. The van der Waals surface area contributed by atoms with Gasteiger partial charge in [0.15, 0.2) is 0 Å². The maximum Gasteiger partial charge on any atom is 0.220 e. The van der Waals surface area contributed by atoms with Gasteiger partial charge in [-0.1, -0.05) is 12.1 Å². The van der Waals surface area contributed by atoms with Crippen LogP contribution < -0.4 is 11.1 Å². The molecule has 112 valence electrons. The van der Waals surface area contributed by atoms with Gasteiger partial charge in [-0.3, -0.25) is 4.79 Å². The van der Waals surface area contributed by atoms with Crippen LogP contribution in [0.2, 0.25) is 0 Å². The first-order chi connectivity index (χ1) is 9.16. The quantitative estimate of drug-likeness (QED) is 0.760. The molecule has 2 rings (SSSR count). The molecule has 1 aliphatic rings. The first kappa shape index (κ1) is 17.3. The average molecular weight is 319 g/mol. The Morgan fingerprint density at radius 3 is 2.80 bits per heavy atom. The Hall–Kier alpha value is -0.780. The molecule has 0 aliphatic heterocycles. The summed E-state index contributed by atoms with van der Waals surface area (Å²) in [5, 5.41) is 2.83. The zero-order valence-corrected chi connectivity index (χ0v) is 12.8. The van der Waals surface area contributed by atoms with E-state index in [1.807, 2.05) is 0 Å². The van der Waals surface area contributed by atoms with Crippen LogP contribution in [-0.2, 0) is 4.79 Å². The minimum Gasteiger partial charge on any atom is -0.355 e. The van der Waals surface area contributed by atoms with Crippen molar-refractivity contribution in [1.82, 2.24) is 5.32 Å². The first-order valence-corrected chi connectivity index (χ1v) is 7.55. The van der Waals surface area contributed by atoms with Crippen LogP contribution in [0.3, 0.4) is 0 Å². The molecular weight excluding hydrogens is 299 g/mol. The number of hydrogen-bond donors (Lipinski definition) is 2. The van der Waals surface area contributed by atoms with Crippen molar-refractivity contribution in [2.45, 2.75) is 30.2 Å². The molecule has 0 heterocycles. The Morgan fingerprint density at radius 2 is 2.15 bits per heavy atom. The number of amides is 1. The number of rotatable bonds is 7. The lowest BCUT2D eigenvalue weighted by Gasteiger charge is -2.11. The number of nitrogens with two attached hydrogens (primary N) is 1. The van der Waals surface area contributed by atoms with Gasteiger partial charge in [-0.15, -0.1) is 24.2 Å². The smallest absolute Gasteiger partial charge is 0.220 e. The second kappa shape index (κ2) is 8.49. The van der Waals surface area contributed by atoms with E-state index in [1.54, 1.807) is 18.2 Å². The molecule has 1 saturated carbocycles. The standard InChI is InChI=1S/C14H19FN2OS.ClH/c15-11-3-1-2-4-13(11)19-8-7-14(18)17-9-12(16)10-5-6-10;/h1-4,10,12H,5-9,16H2,(H,17,18);1H. The van der Waals surface area contributed by atoms with Gasteiger partial charge in [-0.05, 0) is 30.9 Å². The molecule has 0 bridgehead atoms. The van der Waals surface area contributed by atoms with E-state index in [2.05, 4.69) is 5.32 Å². The molecule has 1 unspecified atom stereocenters. The molecule has 3 N–H and O–H groups in total. The van der Waals surface area contributed by atoms with E-state index in [0.717, 1.165) is 0 Å². The van der Waals surface area contributed by atoms with Crippen molar-refractivity contribution in [2.75, 3.05) is 12.3 Å². The molecular formula is C14H20ClFN2OS. The summed E-state index contributed by atoms with van der Waals surface area (Å²) in [5.41, 5.74) is 5.90. The third-order valence-electron chi connectivity index (χ3n) is 3.19. The third kappa shape index (κ3) is 5.69. The Balaban J connectivity index is 0.00000200. The second-order valence-electron chi connectivity index (χ2n) is 4.83. The fourth-order valence-electron chi connectivity index (χ4n) is 1.83. The van der Waals surface area contributed by atoms with Crippen LogP contribution in [0, 0.1) is 11.7 Å². The van der Waals surface area contributed by atoms with Crippen molar-refractivity contribution >= 4 is 30.1 Å². The Morgan fingerprint density at radius 1 is 1.45 bits per heavy atom. The van der Waals surface area contributed by atoms with Crippen LogP contribution in [0.4, 0.5) is 4.39 Å². The molecule has 1 aromatic carbocycles. The molecule has 0 spiro atoms. The number of thioether (sulfide) groups is 1. The molecule has 1 atom stereocenters. The fraction of sp³-hybridized carbons (Fsp3) is 0.500. The van der Waals surface area contributed by atoms with E-state index in [9.17, 15) is 9.18 Å². The minimum absolute atomic E-state index is 0. The predicted molar refractivity (Wildman–Crippen MR) is 82.7 cm³/mol. The minimum atomic E-state index is -0.233. The highest BCUT2D eigenvalue weighted by atomic mass is 35.5. The summed E-state index contributed by atoms with van der Waals surface area (Å²) >= 11 is 1.36. The van der Waals surface area contributed by atoms with Crippen molar-refractivity contribution in [3.63, 3.8) is 0 Å². The molecule has 1 fully saturated rings. The zero-order valence-electron chi connectivity index (χ0n) is 11.2. The number of hydrogen-bond acceptors (Lipinski definition) is 3. The van der Waals surface area contributed by atoms with E-state index in [4.69, 9.17) is 5.73 Å². The van der Waals surface area contributed by atoms with E-state index in [-0.39, 0.29) is 30.2 Å². The highest BCUT2D eigenvalue weighted by molar-refractivity contribution is 7.99. The van der Waals surface area contributed by atoms with Crippen molar-refractivity contribution in [1.29, 1.82) is 0 Å². The van der Waals surface area contributed by atoms with Crippen LogP contribution in [0.15, 0.2) is 29.2 Å². The van der Waals surface area contributed by atoms with Gasteiger partial charge in [0.1, 0.15) is 5.82 Å². The second-order valence-corrected chi connectivity index (χ2v) is 5.97. The lowest BCUT2D eigenvalue weighted by molar-refractivity contribution is -0.120. The number of carbonyl (C=O) groups excluding carboxylic acids is 1. The summed E-state index contributed by atoms with van der Waals surface area (Å²) in [6.45, 7) is 0.549. The first-order valence-electron chi connectivity index (χ1n) is 6.56. The highest BCUT2D eigenvalue weighted by Gasteiger charge is 2.28. The third-order valence-corrected chi connectivity index (χ3v) is 4.24. The number of benzene rings is 1. The van der Waals surface area contributed by atoms with Crippen molar-refractivity contribution < 1.29 is 9.18 Å². The summed E-state index contributed by atoms with van der Waals surface area (Å²) in [6, 6.07) is 6.69. The maximum absolute atomic E-state index is 13.3. The van der Waals surface area contributed by atoms with E-state index in [1.165, 1.54) is 30.7 Å². The lowest BCUT2D eigenvalue weighted by Crippen LogP contribution is -2.38. The van der Waals surface area contributed by atoms with Crippen molar-refractivity contribution in [3.05, 3.63) is 30.1 Å². The van der Waals surface area contributed by atoms with Crippen LogP contribution in [0.1, 0.15) is 19.3 Å². The largest absolute Gasteiger partial charge is 0.355 e. The molecule has 3 nitrogen and oxygen atoms in total. The van der Waals surface area contributed by atoms with Crippen LogP contribution in [0.25, 0.3) is 0 Å². The van der Waals surface area contributed by atoms with E-state index < -0.39 is 0 Å². The predicted octanol–water partition coefficient (Wildman–Crippen LogP) is 2.58. The number of halogens is 2. The van der Waals surface area contributed by atoms with Crippen molar-refractivity contribution in [3.8, 4) is 0 Å². The van der Waals surface area contributed by atoms with Gasteiger partial charge < -0.3 is 11.1 Å². The van der Waals surface area contributed by atoms with Gasteiger partial charge in [0, 0.05) is 29.7 Å². The van der Waals surface area contributed by atoms with Gasteiger partial charge in [0.25, 0.3) is 0 Å². The average Bonchev–Trinajstić information content (AvgIpc) is 3.22. The number of carbonyl (C=O) groups is 1. The SMILES string of the molecule is Cl.NC(CNC(=O)CCSc1ccccc1F)C1CC1. The van der Waals surface area contributed by atoms with Gasteiger partial charge in [0.05, 0.1) is 0 Å². The Bertz CT molecular complexity index is 443. The van der Waals surface area contributed by atoms with Gasteiger partial charge in [-0.2, -0.15) is 0 Å². The maximum atomic E-state index is 13.3. The van der Waals surface area contributed by atoms with Crippen LogP contribution >= 0.6 is 24.2 Å². The van der Waals surface area contributed by atoms with E-state index >= 15 is 0 Å². The molecule has 0 aromatic heterocycles. The zero-order chi connectivity index (χ0) is 13.7. The number of nitrogens with one attached hydrogen (secondary N) is 1. The highest BCUT2D eigenvalue weighted by Crippen LogP contribution is 2.31. The molecule has 1 aliphatic carbocycles. The Kier molecular flexibility index (Phi) is 7.34. The monoisotopic (exact) mass is 318 g/mol. The topological polar surface area (TPSA) is 55.1 Å². The molecule has 6 heteroatoms. The van der Waals surface area contributed by atoms with Gasteiger partial charge in [0.2, 0.25) is 5.91 Å². The summed E-state index contributed by atoms with van der Waals surface area (Å²) in [7, 11) is 0. The summed E-state index contributed by atoms with van der Waals surface area (Å²) in [6.07, 6.45) is 2.75. The summed E-state index contributed by atoms with van der Waals surface area (Å²) in [4.78, 5) is 12.2. The summed E-state index contributed by atoms with van der Waals surface area (Å²) in [5.74, 6) is 0.919. The normalized spacial score (nSPS) is 15.3. The van der Waals surface area contributed by atoms with E-state index in [0.29, 0.717) is 29.5 Å². The Labute approximate surface area is 129 Å².